The van der Waals surface area contributed by atoms with Gasteiger partial charge in [-0.3, -0.25) is 0 Å². The van der Waals surface area contributed by atoms with E-state index in [1.165, 1.54) is 21.5 Å². The van der Waals surface area contributed by atoms with E-state index in [1.807, 2.05) is 24.4 Å². The summed E-state index contributed by atoms with van der Waals surface area (Å²) in [4.78, 5) is 11.2. The van der Waals surface area contributed by atoms with Gasteiger partial charge in [0.25, 0.3) is 0 Å². The summed E-state index contributed by atoms with van der Waals surface area (Å²) in [5.74, 6) is 0. The lowest BCUT2D eigenvalue weighted by molar-refractivity contribution is 0.670. The highest BCUT2D eigenvalue weighted by Crippen LogP contribution is 2.44. The second kappa shape index (κ2) is 12.4. The Kier molecular flexibility index (Phi) is 6.85. The number of aromatic nitrogens is 2. The van der Waals surface area contributed by atoms with Crippen molar-refractivity contribution in [2.75, 3.05) is 0 Å². The van der Waals surface area contributed by atoms with Gasteiger partial charge in [-0.25, -0.2) is 9.97 Å². The Morgan fingerprint density at radius 2 is 0.932 bits per heavy atom. The number of furan rings is 2. The summed E-state index contributed by atoms with van der Waals surface area (Å²) < 4.78 is 14.3. The second-order valence-corrected chi connectivity index (χ2v) is 16.3. The van der Waals surface area contributed by atoms with E-state index in [0.717, 1.165) is 109 Å². The van der Waals surface area contributed by atoms with E-state index in [-0.39, 0.29) is 0 Å². The molecular weight excluding hydrogens is 741 g/mol. The SMILES string of the molecule is c1cc(-c2ccc3sc4ncc(-c5cccc(-c6cc7ccccc7c7c6oc6ccccc67)c5)nc4c3c2)cc(-c2cc3ccccc3c3c2oc2ccccc23)c1. The van der Waals surface area contributed by atoms with E-state index in [9.17, 15) is 0 Å². The third-order valence-electron chi connectivity index (χ3n) is 11.9. The van der Waals surface area contributed by atoms with E-state index in [0.29, 0.717) is 0 Å². The van der Waals surface area contributed by atoms with Crippen LogP contribution in [0.25, 0.3) is 130 Å². The number of hydrogen-bond donors (Lipinski definition) is 0. The van der Waals surface area contributed by atoms with Gasteiger partial charge in [0.05, 0.1) is 11.9 Å². The van der Waals surface area contributed by atoms with Gasteiger partial charge in [0.1, 0.15) is 32.7 Å². The maximum absolute atomic E-state index is 6.60. The molecule has 13 rings (SSSR count). The third-order valence-corrected chi connectivity index (χ3v) is 13.0. The topological polar surface area (TPSA) is 52.1 Å². The number of nitrogens with zero attached hydrogens (tertiary/aromatic N) is 2. The normalized spacial score (nSPS) is 12.1. The van der Waals surface area contributed by atoms with Crippen LogP contribution in [0.1, 0.15) is 0 Å². The van der Waals surface area contributed by atoms with Gasteiger partial charge in [0, 0.05) is 48.3 Å². The van der Waals surface area contributed by atoms with Crippen molar-refractivity contribution in [3.63, 3.8) is 0 Å². The van der Waals surface area contributed by atoms with E-state index in [2.05, 4.69) is 158 Å². The fraction of sp³-hybridized carbons (Fsp3) is 0. The molecular formula is C54H30N2O2S. The zero-order valence-electron chi connectivity index (χ0n) is 31.4. The van der Waals surface area contributed by atoms with Crippen molar-refractivity contribution < 1.29 is 8.83 Å². The maximum Gasteiger partial charge on any atom is 0.143 e. The van der Waals surface area contributed by atoms with Crippen LogP contribution in [-0.4, -0.2) is 9.97 Å². The van der Waals surface area contributed by atoms with Gasteiger partial charge in [0.15, 0.2) is 0 Å². The minimum Gasteiger partial charge on any atom is -0.455 e. The summed E-state index contributed by atoms with van der Waals surface area (Å²) in [7, 11) is 0. The molecule has 4 nitrogen and oxygen atoms in total. The highest BCUT2D eigenvalue weighted by molar-refractivity contribution is 7.25. The van der Waals surface area contributed by atoms with Gasteiger partial charge < -0.3 is 8.83 Å². The van der Waals surface area contributed by atoms with Gasteiger partial charge in [-0.2, -0.15) is 0 Å². The first-order valence-corrected chi connectivity index (χ1v) is 20.6. The monoisotopic (exact) mass is 770 g/mol. The molecule has 0 spiro atoms. The number of thiophene rings is 1. The Balaban J connectivity index is 0.922. The minimum atomic E-state index is 0.833. The summed E-state index contributed by atoms with van der Waals surface area (Å²) in [5, 5.41) is 10.4. The molecule has 0 bridgehead atoms. The van der Waals surface area contributed by atoms with Crippen LogP contribution >= 0.6 is 11.3 Å². The predicted molar refractivity (Wildman–Crippen MR) is 246 cm³/mol. The Hall–Kier alpha value is -7.60. The van der Waals surface area contributed by atoms with Crippen LogP contribution in [0.4, 0.5) is 0 Å². The van der Waals surface area contributed by atoms with Crippen LogP contribution in [0, 0.1) is 0 Å². The van der Waals surface area contributed by atoms with Crippen molar-refractivity contribution >= 4 is 97.2 Å². The van der Waals surface area contributed by atoms with Crippen LogP contribution in [0.3, 0.4) is 0 Å². The molecule has 5 heteroatoms. The molecule has 0 unspecified atom stereocenters. The molecule has 0 fully saturated rings. The first-order chi connectivity index (χ1) is 29.2. The number of para-hydroxylation sites is 2. The zero-order chi connectivity index (χ0) is 38.6. The van der Waals surface area contributed by atoms with Crippen molar-refractivity contribution in [3.8, 4) is 44.6 Å². The van der Waals surface area contributed by atoms with E-state index in [1.54, 1.807) is 11.3 Å². The molecule has 4 aromatic heterocycles. The number of fused-ring (bicyclic) bond motifs is 13. The van der Waals surface area contributed by atoms with E-state index >= 15 is 0 Å². The average molecular weight is 771 g/mol. The average Bonchev–Trinajstić information content (AvgIpc) is 4.00. The van der Waals surface area contributed by atoms with Crippen LogP contribution in [0.2, 0.25) is 0 Å². The highest BCUT2D eigenvalue weighted by atomic mass is 32.1. The minimum absolute atomic E-state index is 0.833. The molecule has 0 saturated carbocycles. The summed E-state index contributed by atoms with van der Waals surface area (Å²) >= 11 is 1.68. The quantitative estimate of drug-likeness (QED) is 0.179. The van der Waals surface area contributed by atoms with Crippen LogP contribution < -0.4 is 0 Å². The first-order valence-electron chi connectivity index (χ1n) is 19.8. The molecule has 0 aliphatic carbocycles. The number of hydrogen-bond acceptors (Lipinski definition) is 5. The number of benzene rings is 9. The van der Waals surface area contributed by atoms with Crippen molar-refractivity contribution in [2.45, 2.75) is 0 Å². The Morgan fingerprint density at radius 1 is 0.407 bits per heavy atom. The molecule has 274 valence electrons. The van der Waals surface area contributed by atoms with Gasteiger partial charge in [-0.1, -0.05) is 127 Å². The first kappa shape index (κ1) is 32.5. The Bertz CT molecular complexity index is 3620. The smallest absolute Gasteiger partial charge is 0.143 e. The summed E-state index contributed by atoms with van der Waals surface area (Å²) in [6.07, 6.45) is 1.90. The van der Waals surface area contributed by atoms with Gasteiger partial charge in [0.2, 0.25) is 0 Å². The molecule has 4 heterocycles. The largest absolute Gasteiger partial charge is 0.455 e. The highest BCUT2D eigenvalue weighted by Gasteiger charge is 2.19. The van der Waals surface area contributed by atoms with Crippen LogP contribution in [0.5, 0.6) is 0 Å². The van der Waals surface area contributed by atoms with E-state index < -0.39 is 0 Å². The molecule has 13 aromatic rings. The summed E-state index contributed by atoms with van der Waals surface area (Å²) in [6.45, 7) is 0. The molecule has 9 aromatic carbocycles. The zero-order valence-corrected chi connectivity index (χ0v) is 32.3. The van der Waals surface area contributed by atoms with Crippen LogP contribution in [-0.2, 0) is 0 Å². The van der Waals surface area contributed by atoms with Gasteiger partial charge in [-0.05, 0) is 92.3 Å². The van der Waals surface area contributed by atoms with Gasteiger partial charge in [-0.15, -0.1) is 11.3 Å². The molecule has 0 amide bonds. The number of rotatable bonds is 4. The van der Waals surface area contributed by atoms with Gasteiger partial charge >= 0.3 is 0 Å². The molecule has 0 atom stereocenters. The van der Waals surface area contributed by atoms with E-state index in [4.69, 9.17) is 18.8 Å². The Labute approximate surface area is 341 Å². The lowest BCUT2D eigenvalue weighted by Gasteiger charge is -2.10. The third kappa shape index (κ3) is 4.95. The lowest BCUT2D eigenvalue weighted by Crippen LogP contribution is -1.88. The molecule has 0 radical (unpaired) electrons. The molecule has 0 saturated heterocycles. The molecule has 0 aliphatic rings. The van der Waals surface area contributed by atoms with Crippen molar-refractivity contribution in [3.05, 3.63) is 182 Å². The summed E-state index contributed by atoms with van der Waals surface area (Å²) in [5.41, 5.74) is 12.9. The predicted octanol–water partition coefficient (Wildman–Crippen LogP) is 15.6. The Morgan fingerprint density at radius 3 is 1.58 bits per heavy atom. The fourth-order valence-electron chi connectivity index (χ4n) is 9.14. The van der Waals surface area contributed by atoms with Crippen LogP contribution in [0.15, 0.2) is 191 Å². The molecule has 59 heavy (non-hydrogen) atoms. The maximum atomic E-state index is 6.60. The van der Waals surface area contributed by atoms with Crippen molar-refractivity contribution in [1.82, 2.24) is 9.97 Å². The lowest BCUT2D eigenvalue weighted by atomic mass is 9.94. The second-order valence-electron chi connectivity index (χ2n) is 15.3. The van der Waals surface area contributed by atoms with Crippen molar-refractivity contribution in [2.24, 2.45) is 0 Å². The fourth-order valence-corrected chi connectivity index (χ4v) is 10.1. The molecule has 0 aliphatic heterocycles. The van der Waals surface area contributed by atoms with Crippen molar-refractivity contribution in [1.29, 1.82) is 0 Å². The summed E-state index contributed by atoms with van der Waals surface area (Å²) in [6, 6.07) is 62.3. The molecule has 0 N–H and O–H groups in total. The standard InChI is InChI=1S/C54H30N2O2S/c1-3-17-38-35(11-1)28-42(52-49(38)40-19-5-7-21-46(40)57-52)33-14-9-13-31(25-33)32-23-24-48-44(27-32)51-54(59-48)55-30-45(56-51)37-16-10-15-34(26-37)43-29-36-12-2-4-18-39(36)50-41-20-6-8-22-47(41)58-53(43)50/h1-30H.